The minimum Gasteiger partial charge on any atom is -0.478 e. The van der Waals surface area contributed by atoms with Crippen LogP contribution in [0.1, 0.15) is 41.9 Å². The summed E-state index contributed by atoms with van der Waals surface area (Å²) in [5.41, 5.74) is 1.65. The summed E-state index contributed by atoms with van der Waals surface area (Å²) in [4.78, 5) is 15.9. The second-order valence-electron chi connectivity index (χ2n) is 5.86. The monoisotopic (exact) mass is 288 g/mol. The number of aromatic nitrogens is 2. The van der Waals surface area contributed by atoms with Gasteiger partial charge in [0.1, 0.15) is 5.82 Å². The molecule has 2 unspecified atom stereocenters. The molecule has 0 saturated heterocycles. The molecule has 0 bridgehead atoms. The minimum atomic E-state index is -0.939. The number of hydrogen-bond donors (Lipinski definition) is 2. The molecule has 0 radical (unpaired) electrons. The Hall–Kier alpha value is -1.88. The van der Waals surface area contributed by atoms with Crippen LogP contribution in [0.5, 0.6) is 0 Å². The third kappa shape index (κ3) is 2.53. The topological polar surface area (TPSA) is 75.3 Å². The molecule has 1 aromatic heterocycles. The lowest BCUT2D eigenvalue weighted by molar-refractivity contribution is 0.0609. The normalized spacial score (nSPS) is 22.6. The first-order valence-corrected chi connectivity index (χ1v) is 7.45. The Morgan fingerprint density at radius 1 is 1.38 bits per heavy atom. The van der Waals surface area contributed by atoms with Gasteiger partial charge in [-0.05, 0) is 31.9 Å². The number of rotatable bonds is 3. The summed E-state index contributed by atoms with van der Waals surface area (Å²) in [5.74, 6) is 0.0408. The zero-order valence-electron chi connectivity index (χ0n) is 12.1. The van der Waals surface area contributed by atoms with Crippen molar-refractivity contribution in [2.45, 2.75) is 45.3 Å². The Bertz CT molecular complexity index is 677. The van der Waals surface area contributed by atoms with Crippen LogP contribution in [0.15, 0.2) is 18.2 Å². The summed E-state index contributed by atoms with van der Waals surface area (Å²) in [6.07, 6.45) is 3.71. The van der Waals surface area contributed by atoms with Gasteiger partial charge in [0.2, 0.25) is 0 Å². The van der Waals surface area contributed by atoms with Crippen molar-refractivity contribution in [3.05, 3.63) is 29.6 Å². The Kier molecular flexibility index (Phi) is 3.68. The summed E-state index contributed by atoms with van der Waals surface area (Å²) in [6, 6.07) is 5.17. The maximum atomic E-state index is 11.4. The van der Waals surface area contributed by atoms with Crippen LogP contribution >= 0.6 is 0 Å². The van der Waals surface area contributed by atoms with Gasteiger partial charge in [-0.1, -0.05) is 18.9 Å². The molecule has 0 aliphatic heterocycles. The number of carbonyl (C=O) groups is 1. The second kappa shape index (κ2) is 5.48. The van der Waals surface area contributed by atoms with Crippen LogP contribution in [-0.2, 0) is 6.54 Å². The van der Waals surface area contributed by atoms with E-state index in [2.05, 4.69) is 4.98 Å². The van der Waals surface area contributed by atoms with Crippen molar-refractivity contribution in [2.75, 3.05) is 0 Å². The van der Waals surface area contributed by atoms with E-state index < -0.39 is 5.97 Å². The minimum absolute atomic E-state index is 0.178. The number of nitrogens with zero attached hydrogens (tertiary/aromatic N) is 2. The van der Waals surface area contributed by atoms with E-state index in [9.17, 15) is 15.0 Å². The highest BCUT2D eigenvalue weighted by atomic mass is 16.4. The van der Waals surface area contributed by atoms with Crippen LogP contribution in [0.25, 0.3) is 11.0 Å². The van der Waals surface area contributed by atoms with Crippen LogP contribution in [0, 0.1) is 12.8 Å². The van der Waals surface area contributed by atoms with Crippen molar-refractivity contribution in [3.8, 4) is 0 Å². The molecule has 1 aromatic carbocycles. The van der Waals surface area contributed by atoms with E-state index in [0.29, 0.717) is 17.6 Å². The quantitative estimate of drug-likeness (QED) is 0.910. The van der Waals surface area contributed by atoms with Crippen molar-refractivity contribution < 1.29 is 15.0 Å². The molecule has 3 rings (SSSR count). The first-order valence-electron chi connectivity index (χ1n) is 7.45. The van der Waals surface area contributed by atoms with E-state index in [4.69, 9.17) is 0 Å². The van der Waals surface area contributed by atoms with Gasteiger partial charge in [0.05, 0.1) is 22.7 Å². The number of aromatic carboxylic acids is 1. The number of aliphatic hydroxyl groups excluding tert-OH is 1. The second-order valence-corrected chi connectivity index (χ2v) is 5.86. The van der Waals surface area contributed by atoms with Gasteiger partial charge in [-0.25, -0.2) is 9.78 Å². The molecule has 21 heavy (non-hydrogen) atoms. The maximum absolute atomic E-state index is 11.4. The van der Waals surface area contributed by atoms with Crippen LogP contribution in [-0.4, -0.2) is 31.8 Å². The molecule has 5 heteroatoms. The van der Waals surface area contributed by atoms with Crippen LogP contribution in [0.2, 0.25) is 0 Å². The largest absolute Gasteiger partial charge is 0.478 e. The lowest BCUT2D eigenvalue weighted by Gasteiger charge is -2.28. The van der Waals surface area contributed by atoms with E-state index in [1.54, 1.807) is 12.1 Å². The predicted octanol–water partition coefficient (Wildman–Crippen LogP) is 2.59. The summed E-state index contributed by atoms with van der Waals surface area (Å²) in [6.45, 7) is 2.52. The number of carboxylic acids is 1. The summed E-state index contributed by atoms with van der Waals surface area (Å²) < 4.78 is 1.96. The molecule has 0 amide bonds. The first-order chi connectivity index (χ1) is 10.1. The van der Waals surface area contributed by atoms with Gasteiger partial charge in [-0.15, -0.1) is 0 Å². The van der Waals surface area contributed by atoms with Crippen molar-refractivity contribution in [2.24, 2.45) is 5.92 Å². The van der Waals surface area contributed by atoms with Crippen LogP contribution in [0.3, 0.4) is 0 Å². The molecular weight excluding hydrogens is 268 g/mol. The van der Waals surface area contributed by atoms with Gasteiger partial charge in [0.15, 0.2) is 0 Å². The Morgan fingerprint density at radius 3 is 2.86 bits per heavy atom. The Labute approximate surface area is 123 Å². The molecule has 1 aliphatic carbocycles. The highest BCUT2D eigenvalue weighted by Crippen LogP contribution is 2.29. The maximum Gasteiger partial charge on any atom is 0.337 e. The SMILES string of the molecule is Cc1nc2cccc(C(=O)O)c2n1CC1CCCCC1O. The molecule has 2 aromatic rings. The average molecular weight is 288 g/mol. The lowest BCUT2D eigenvalue weighted by Crippen LogP contribution is -2.28. The molecule has 1 saturated carbocycles. The fourth-order valence-electron chi connectivity index (χ4n) is 3.33. The number of hydrogen-bond acceptors (Lipinski definition) is 3. The van der Waals surface area contributed by atoms with Crippen molar-refractivity contribution in [1.29, 1.82) is 0 Å². The third-order valence-electron chi connectivity index (χ3n) is 4.47. The van der Waals surface area contributed by atoms with Crippen molar-refractivity contribution >= 4 is 17.0 Å². The van der Waals surface area contributed by atoms with E-state index in [0.717, 1.165) is 31.5 Å². The van der Waals surface area contributed by atoms with Gasteiger partial charge < -0.3 is 14.8 Å². The Morgan fingerprint density at radius 2 is 2.14 bits per heavy atom. The summed E-state index contributed by atoms with van der Waals surface area (Å²) in [5, 5.41) is 19.5. The number of benzene rings is 1. The average Bonchev–Trinajstić information content (AvgIpc) is 2.77. The number of aliphatic hydroxyl groups is 1. The highest BCUT2D eigenvalue weighted by molar-refractivity contribution is 6.01. The fourth-order valence-corrected chi connectivity index (χ4v) is 3.33. The smallest absolute Gasteiger partial charge is 0.337 e. The van der Waals surface area contributed by atoms with Crippen LogP contribution < -0.4 is 0 Å². The van der Waals surface area contributed by atoms with Crippen molar-refractivity contribution in [3.63, 3.8) is 0 Å². The molecule has 2 N–H and O–H groups in total. The van der Waals surface area contributed by atoms with Gasteiger partial charge in [0, 0.05) is 12.5 Å². The van der Waals surface area contributed by atoms with Gasteiger partial charge in [0.25, 0.3) is 0 Å². The van der Waals surface area contributed by atoms with Gasteiger partial charge >= 0.3 is 5.97 Å². The number of carboxylic acid groups (broad SMARTS) is 1. The molecule has 1 aliphatic rings. The molecule has 112 valence electrons. The third-order valence-corrected chi connectivity index (χ3v) is 4.47. The summed E-state index contributed by atoms with van der Waals surface area (Å²) >= 11 is 0. The van der Waals surface area contributed by atoms with Gasteiger partial charge in [-0.2, -0.15) is 0 Å². The fraction of sp³-hybridized carbons (Fsp3) is 0.500. The molecule has 1 heterocycles. The van der Waals surface area contributed by atoms with E-state index in [-0.39, 0.29) is 17.6 Å². The zero-order valence-corrected chi connectivity index (χ0v) is 12.1. The number of para-hydroxylation sites is 1. The standard InChI is InChI=1S/C16H20N2O3/c1-10-17-13-7-4-6-12(16(20)21)15(13)18(10)9-11-5-2-3-8-14(11)19/h4,6-7,11,14,19H,2-3,5,8-9H2,1H3,(H,20,21). The molecule has 1 fully saturated rings. The predicted molar refractivity (Wildman–Crippen MR) is 79.4 cm³/mol. The number of fused-ring (bicyclic) bond motifs is 1. The van der Waals surface area contributed by atoms with E-state index in [1.165, 1.54) is 0 Å². The lowest BCUT2D eigenvalue weighted by atomic mass is 9.86. The molecule has 2 atom stereocenters. The van der Waals surface area contributed by atoms with Crippen molar-refractivity contribution in [1.82, 2.24) is 9.55 Å². The van der Waals surface area contributed by atoms with Gasteiger partial charge in [-0.3, -0.25) is 0 Å². The molecular formula is C16H20N2O3. The zero-order chi connectivity index (χ0) is 15.0. The highest BCUT2D eigenvalue weighted by Gasteiger charge is 2.25. The van der Waals surface area contributed by atoms with Crippen LogP contribution in [0.4, 0.5) is 0 Å². The Balaban J connectivity index is 2.05. The van der Waals surface area contributed by atoms with E-state index in [1.807, 2.05) is 17.6 Å². The molecule has 5 nitrogen and oxygen atoms in total. The molecule has 0 spiro atoms. The number of imidazole rings is 1. The first kappa shape index (κ1) is 14.1. The van der Waals surface area contributed by atoms with E-state index >= 15 is 0 Å². The number of aryl methyl sites for hydroxylation is 1. The summed E-state index contributed by atoms with van der Waals surface area (Å²) in [7, 11) is 0.